The van der Waals surface area contributed by atoms with Crippen molar-refractivity contribution in [1.29, 1.82) is 0 Å². The summed E-state index contributed by atoms with van der Waals surface area (Å²) in [4.78, 5) is 0. The molecule has 0 saturated carbocycles. The molecule has 0 aliphatic heterocycles. The molecule has 0 unspecified atom stereocenters. The summed E-state index contributed by atoms with van der Waals surface area (Å²) in [5.41, 5.74) is 0. The van der Waals surface area contributed by atoms with Gasteiger partial charge in [0.1, 0.15) is 0 Å². The van der Waals surface area contributed by atoms with E-state index in [1.165, 1.54) is 15.8 Å². The van der Waals surface area contributed by atoms with E-state index in [-0.39, 0.29) is 17.0 Å². The molecule has 0 heterocycles. The first-order chi connectivity index (χ1) is 3.35. The van der Waals surface area contributed by atoms with Gasteiger partial charge in [0.05, 0.1) is 0 Å². The molecule has 0 rings (SSSR count). The molecule has 0 aliphatic carbocycles. The number of halogens is 1. The first-order valence-electron chi connectivity index (χ1n) is 3.18. The van der Waals surface area contributed by atoms with E-state index in [0.29, 0.717) is 0 Å². The molecule has 51 valence electrons. The third kappa shape index (κ3) is 5.17. The topological polar surface area (TPSA) is 0 Å². The molecule has 0 N–H and O–H groups in total. The number of hydrogen-bond donors (Lipinski definition) is 0. The summed E-state index contributed by atoms with van der Waals surface area (Å²) in [5, 5.41) is 4.56. The summed E-state index contributed by atoms with van der Waals surface area (Å²) in [6, 6.07) is 0. The Bertz CT molecular complexity index is 30.0. The summed E-state index contributed by atoms with van der Waals surface area (Å²) < 4.78 is 0. The van der Waals surface area contributed by atoms with Crippen molar-refractivity contribution in [3.63, 3.8) is 0 Å². The molecule has 0 aromatic heterocycles. The first kappa shape index (κ1) is 11.8. The van der Waals surface area contributed by atoms with Gasteiger partial charge >= 0.3 is 50.9 Å². The molecule has 8 heavy (non-hydrogen) atoms. The molecule has 0 saturated heterocycles. The van der Waals surface area contributed by atoms with Crippen molar-refractivity contribution in [3.05, 3.63) is 0 Å². The third-order valence-electron chi connectivity index (χ3n) is 1.50. The fourth-order valence-electron chi connectivity index (χ4n) is 0.750. The molecule has 0 nitrogen and oxygen atoms in total. The van der Waals surface area contributed by atoms with Crippen molar-refractivity contribution in [2.45, 2.75) is 36.5 Å². The Morgan fingerprint density at radius 1 is 0.875 bits per heavy atom. The first-order valence-corrected chi connectivity index (χ1v) is 7.63. The zero-order valence-corrected chi connectivity index (χ0v) is 9.84. The summed E-state index contributed by atoms with van der Waals surface area (Å²) in [7, 11) is 0. The molecule has 0 aromatic rings. The van der Waals surface area contributed by atoms with Crippen molar-refractivity contribution in [3.8, 4) is 0 Å². The average Bonchev–Trinajstić information content (AvgIpc) is 1.72. The molecule has 0 fully saturated rings. The van der Waals surface area contributed by atoms with E-state index in [1.54, 1.807) is 0 Å². The number of rotatable bonds is 3. The van der Waals surface area contributed by atoms with Gasteiger partial charge < -0.3 is 0 Å². The van der Waals surface area contributed by atoms with Crippen LogP contribution in [0.1, 0.15) is 20.8 Å². The second kappa shape index (κ2) is 8.02. The van der Waals surface area contributed by atoms with Gasteiger partial charge in [-0.1, -0.05) is 0 Å². The van der Waals surface area contributed by atoms with E-state index < -0.39 is 14.3 Å². The van der Waals surface area contributed by atoms with Crippen LogP contribution in [0.3, 0.4) is 0 Å². The van der Waals surface area contributed by atoms with Crippen LogP contribution in [0.5, 0.6) is 0 Å². The van der Waals surface area contributed by atoms with Crippen LogP contribution in [-0.4, -0.2) is 14.3 Å². The third-order valence-corrected chi connectivity index (χ3v) is 7.79. The predicted octanol–water partition coefficient (Wildman–Crippen LogP) is 3.12. The Kier molecular flexibility index (Phi) is 11.8. The van der Waals surface area contributed by atoms with Crippen LogP contribution < -0.4 is 0 Å². The fraction of sp³-hybridized carbons (Fsp3) is 1.00. The van der Waals surface area contributed by atoms with Crippen molar-refractivity contribution < 1.29 is 0 Å². The van der Waals surface area contributed by atoms with E-state index in [9.17, 15) is 0 Å². The monoisotopic (exact) mass is 241 g/mol. The Morgan fingerprint density at radius 2 is 1.12 bits per heavy atom. The van der Waals surface area contributed by atoms with Gasteiger partial charge in [0.25, 0.3) is 0 Å². The van der Waals surface area contributed by atoms with Gasteiger partial charge in [-0.2, -0.15) is 0 Å². The summed E-state index contributed by atoms with van der Waals surface area (Å²) in [5.74, 6) is 0. The summed E-state index contributed by atoms with van der Waals surface area (Å²) in [6.45, 7) is 7.01. The molecule has 0 amide bonds. The SMILES string of the molecule is Br.C[CH2][Ge]([CH2]C)[CH2]C. The van der Waals surface area contributed by atoms with Crippen molar-refractivity contribution in [1.82, 2.24) is 0 Å². The van der Waals surface area contributed by atoms with Gasteiger partial charge in [-0.3, -0.25) is 0 Å². The van der Waals surface area contributed by atoms with Crippen LogP contribution in [0.2, 0.25) is 15.8 Å². The quantitative estimate of drug-likeness (QED) is 0.665. The van der Waals surface area contributed by atoms with Gasteiger partial charge in [0, 0.05) is 0 Å². The standard InChI is InChI=1S/C6H15Ge.BrH/c1-4-7(5-2)6-3;/h4-6H2,1-3H3;1H. The van der Waals surface area contributed by atoms with Crippen molar-refractivity contribution in [2.75, 3.05) is 0 Å². The van der Waals surface area contributed by atoms with E-state index in [2.05, 4.69) is 20.8 Å². The van der Waals surface area contributed by atoms with Crippen LogP contribution in [0.25, 0.3) is 0 Å². The molecule has 0 atom stereocenters. The fourth-order valence-corrected chi connectivity index (χ4v) is 3.90. The second-order valence-corrected chi connectivity index (χ2v) is 9.41. The van der Waals surface area contributed by atoms with Crippen molar-refractivity contribution in [2.24, 2.45) is 0 Å². The van der Waals surface area contributed by atoms with Crippen LogP contribution in [0.4, 0.5) is 0 Å². The Balaban J connectivity index is 0. The molecular formula is C6H16BrGe. The molecule has 2 heteroatoms. The Morgan fingerprint density at radius 3 is 1.12 bits per heavy atom. The average molecular weight is 241 g/mol. The Hall–Kier alpha value is 1.02. The molecule has 0 spiro atoms. The normalized spacial score (nSPS) is 9.00. The zero-order chi connectivity index (χ0) is 5.70. The molecule has 0 aromatic carbocycles. The van der Waals surface area contributed by atoms with Gasteiger partial charge in [-0.15, -0.1) is 17.0 Å². The zero-order valence-electron chi connectivity index (χ0n) is 6.03. The predicted molar refractivity (Wildman–Crippen MR) is 47.5 cm³/mol. The van der Waals surface area contributed by atoms with Gasteiger partial charge in [0.15, 0.2) is 0 Å². The van der Waals surface area contributed by atoms with Gasteiger partial charge in [-0.25, -0.2) is 0 Å². The molecule has 1 radical (unpaired) electrons. The minimum atomic E-state index is -0.403. The van der Waals surface area contributed by atoms with Gasteiger partial charge in [0.2, 0.25) is 0 Å². The Labute approximate surface area is 67.9 Å². The van der Waals surface area contributed by atoms with E-state index >= 15 is 0 Å². The van der Waals surface area contributed by atoms with Crippen LogP contribution in [0, 0.1) is 0 Å². The van der Waals surface area contributed by atoms with E-state index in [4.69, 9.17) is 0 Å². The molecule has 0 aliphatic rings. The maximum absolute atomic E-state index is 2.34. The van der Waals surface area contributed by atoms with E-state index in [1.807, 2.05) is 0 Å². The van der Waals surface area contributed by atoms with Crippen molar-refractivity contribution >= 4 is 31.3 Å². The van der Waals surface area contributed by atoms with Crippen LogP contribution in [-0.2, 0) is 0 Å². The minimum absolute atomic E-state index is 0. The number of hydrogen-bond acceptors (Lipinski definition) is 0. The molecule has 0 bridgehead atoms. The second-order valence-electron chi connectivity index (χ2n) is 1.81. The van der Waals surface area contributed by atoms with Crippen LogP contribution in [0.15, 0.2) is 0 Å². The van der Waals surface area contributed by atoms with Gasteiger partial charge in [-0.05, 0) is 0 Å². The summed E-state index contributed by atoms with van der Waals surface area (Å²) >= 11 is -0.403. The van der Waals surface area contributed by atoms with E-state index in [0.717, 1.165) is 0 Å². The molecular weight excluding hydrogens is 225 g/mol. The summed E-state index contributed by atoms with van der Waals surface area (Å²) in [6.07, 6.45) is 0. The maximum atomic E-state index is 2.34. The van der Waals surface area contributed by atoms with Crippen LogP contribution >= 0.6 is 17.0 Å².